The lowest BCUT2D eigenvalue weighted by molar-refractivity contribution is -0.111. The van der Waals surface area contributed by atoms with Crippen LogP contribution in [0.25, 0.3) is 5.70 Å². The van der Waals surface area contributed by atoms with E-state index in [4.69, 9.17) is 16.3 Å². The van der Waals surface area contributed by atoms with Crippen LogP contribution in [0, 0.1) is 0 Å². The van der Waals surface area contributed by atoms with Crippen LogP contribution in [-0.4, -0.2) is 25.7 Å². The van der Waals surface area contributed by atoms with Gasteiger partial charge in [0.25, 0.3) is 0 Å². The highest BCUT2D eigenvalue weighted by Gasteiger charge is 2.27. The molecule has 5 heteroatoms. The van der Waals surface area contributed by atoms with E-state index in [1.807, 2.05) is 30.1 Å². The molecule has 0 saturated carbocycles. The standard InChI is InChI=1S/C18H14ClNO3/c1-20(11-7-8-17(23-2)14(19)9-11)15-10-16(21)18(22)13-6-4-3-5-12(13)15/h3-10H,1-2H3. The highest BCUT2D eigenvalue weighted by atomic mass is 35.5. The topological polar surface area (TPSA) is 46.6 Å². The Labute approximate surface area is 138 Å². The zero-order valence-electron chi connectivity index (χ0n) is 12.7. The Balaban J connectivity index is 2.07. The van der Waals surface area contributed by atoms with E-state index in [0.717, 1.165) is 11.3 Å². The molecule has 0 unspecified atom stereocenters. The van der Waals surface area contributed by atoms with Gasteiger partial charge in [0.05, 0.1) is 17.8 Å². The van der Waals surface area contributed by atoms with Crippen LogP contribution >= 0.6 is 11.6 Å². The molecular weight excluding hydrogens is 314 g/mol. The van der Waals surface area contributed by atoms with E-state index >= 15 is 0 Å². The molecule has 0 aromatic heterocycles. The number of Topliss-reactive ketones (excluding diaryl/α,β-unsaturated/α-hetero) is 1. The van der Waals surface area contributed by atoms with Gasteiger partial charge in [0.1, 0.15) is 5.75 Å². The summed E-state index contributed by atoms with van der Waals surface area (Å²) in [5.41, 5.74) is 2.60. The number of benzene rings is 2. The van der Waals surface area contributed by atoms with Crippen LogP contribution in [0.2, 0.25) is 5.02 Å². The third-order valence-electron chi connectivity index (χ3n) is 3.82. The zero-order valence-corrected chi connectivity index (χ0v) is 13.4. The fourth-order valence-electron chi connectivity index (χ4n) is 2.59. The Hall–Kier alpha value is -2.59. The maximum Gasteiger partial charge on any atom is 0.233 e. The average molecular weight is 328 g/mol. The van der Waals surface area contributed by atoms with E-state index in [0.29, 0.717) is 22.0 Å². The largest absolute Gasteiger partial charge is 0.495 e. The number of carbonyl (C=O) groups excluding carboxylic acids is 2. The van der Waals surface area contributed by atoms with Crippen LogP contribution in [0.3, 0.4) is 0 Å². The highest BCUT2D eigenvalue weighted by Crippen LogP contribution is 2.34. The van der Waals surface area contributed by atoms with Gasteiger partial charge in [-0.15, -0.1) is 0 Å². The molecule has 0 N–H and O–H groups in total. The van der Waals surface area contributed by atoms with E-state index < -0.39 is 11.6 Å². The van der Waals surface area contributed by atoms with Crippen LogP contribution in [0.15, 0.2) is 48.5 Å². The van der Waals surface area contributed by atoms with Gasteiger partial charge in [0.15, 0.2) is 0 Å². The van der Waals surface area contributed by atoms with Crippen LogP contribution in [0.5, 0.6) is 5.75 Å². The number of ether oxygens (including phenoxy) is 1. The number of nitrogens with zero attached hydrogens (tertiary/aromatic N) is 1. The predicted octanol–water partition coefficient (Wildman–Crippen LogP) is 3.59. The molecule has 2 aromatic rings. The number of allylic oxidation sites excluding steroid dienone is 1. The lowest BCUT2D eigenvalue weighted by atomic mass is 9.92. The summed E-state index contributed by atoms with van der Waals surface area (Å²) in [5.74, 6) is -0.427. The summed E-state index contributed by atoms with van der Waals surface area (Å²) in [6, 6.07) is 12.4. The van der Waals surface area contributed by atoms with Crippen LogP contribution in [0.1, 0.15) is 15.9 Å². The summed E-state index contributed by atoms with van der Waals surface area (Å²) in [5, 5.41) is 0.476. The van der Waals surface area contributed by atoms with Gasteiger partial charge in [-0.05, 0) is 18.2 Å². The monoisotopic (exact) mass is 327 g/mol. The number of methoxy groups -OCH3 is 1. The Bertz CT molecular complexity index is 842. The van der Waals surface area contributed by atoms with Gasteiger partial charge in [0, 0.05) is 29.9 Å². The number of hydrogen-bond acceptors (Lipinski definition) is 4. The Kier molecular flexibility index (Phi) is 3.92. The third kappa shape index (κ3) is 2.62. The summed E-state index contributed by atoms with van der Waals surface area (Å²) in [7, 11) is 3.37. The molecule has 23 heavy (non-hydrogen) atoms. The average Bonchev–Trinajstić information content (AvgIpc) is 2.57. The van der Waals surface area contributed by atoms with E-state index in [9.17, 15) is 9.59 Å². The predicted molar refractivity (Wildman–Crippen MR) is 90.2 cm³/mol. The lowest BCUT2D eigenvalue weighted by Crippen LogP contribution is -2.25. The third-order valence-corrected chi connectivity index (χ3v) is 4.12. The molecular formula is C18H14ClNO3. The van der Waals surface area contributed by atoms with Crippen molar-refractivity contribution in [1.82, 2.24) is 0 Å². The number of carbonyl (C=O) groups is 2. The molecule has 2 aromatic carbocycles. The van der Waals surface area contributed by atoms with E-state index in [1.54, 1.807) is 31.4 Å². The van der Waals surface area contributed by atoms with E-state index in [1.165, 1.54) is 6.08 Å². The normalized spacial score (nSPS) is 13.4. The molecule has 0 atom stereocenters. The number of ketones is 2. The maximum atomic E-state index is 12.0. The number of halogens is 1. The molecule has 0 amide bonds. The highest BCUT2D eigenvalue weighted by molar-refractivity contribution is 6.50. The fraction of sp³-hybridized carbons (Fsp3) is 0.111. The summed E-state index contributed by atoms with van der Waals surface area (Å²) < 4.78 is 5.15. The quantitative estimate of drug-likeness (QED) is 0.808. The first kappa shape index (κ1) is 15.3. The van der Waals surface area contributed by atoms with Crippen molar-refractivity contribution in [2.75, 3.05) is 19.1 Å². The molecule has 0 aliphatic heterocycles. The van der Waals surface area contributed by atoms with E-state index in [-0.39, 0.29) is 0 Å². The molecule has 4 nitrogen and oxygen atoms in total. The number of anilines is 1. The summed E-state index contributed by atoms with van der Waals surface area (Å²) >= 11 is 6.17. The van der Waals surface area contributed by atoms with Crippen molar-refractivity contribution in [3.8, 4) is 5.75 Å². The van der Waals surface area contributed by atoms with Gasteiger partial charge in [-0.2, -0.15) is 0 Å². The molecule has 1 aliphatic carbocycles. The Morgan fingerprint density at radius 1 is 1.04 bits per heavy atom. The van der Waals surface area contributed by atoms with Gasteiger partial charge in [-0.1, -0.05) is 35.9 Å². The van der Waals surface area contributed by atoms with Crippen molar-refractivity contribution in [3.05, 3.63) is 64.7 Å². The van der Waals surface area contributed by atoms with Gasteiger partial charge < -0.3 is 9.64 Å². The first-order valence-corrected chi connectivity index (χ1v) is 7.37. The van der Waals surface area contributed by atoms with Gasteiger partial charge in [-0.25, -0.2) is 0 Å². The molecule has 0 radical (unpaired) electrons. The number of hydrogen-bond donors (Lipinski definition) is 0. The van der Waals surface area contributed by atoms with Crippen LogP contribution in [-0.2, 0) is 4.79 Å². The summed E-state index contributed by atoms with van der Waals surface area (Å²) in [6.07, 6.45) is 1.36. The molecule has 0 saturated heterocycles. The second-order valence-electron chi connectivity index (χ2n) is 5.15. The van der Waals surface area contributed by atoms with Gasteiger partial charge in [0.2, 0.25) is 11.6 Å². The van der Waals surface area contributed by atoms with Gasteiger partial charge >= 0.3 is 0 Å². The van der Waals surface area contributed by atoms with Crippen molar-refractivity contribution in [1.29, 1.82) is 0 Å². The first-order valence-electron chi connectivity index (χ1n) is 7.00. The van der Waals surface area contributed by atoms with Crippen molar-refractivity contribution in [3.63, 3.8) is 0 Å². The molecule has 0 heterocycles. The minimum atomic E-state index is -0.523. The Morgan fingerprint density at radius 2 is 1.74 bits per heavy atom. The summed E-state index contributed by atoms with van der Waals surface area (Å²) in [4.78, 5) is 25.8. The van der Waals surface area contributed by atoms with Crippen molar-refractivity contribution in [2.45, 2.75) is 0 Å². The smallest absolute Gasteiger partial charge is 0.233 e. The first-order chi connectivity index (χ1) is 11.0. The SMILES string of the molecule is COc1ccc(N(C)C2=CC(=O)C(=O)c3ccccc32)cc1Cl. The second kappa shape index (κ2) is 5.89. The van der Waals surface area contributed by atoms with Crippen LogP contribution < -0.4 is 9.64 Å². The Morgan fingerprint density at radius 3 is 2.39 bits per heavy atom. The molecule has 0 fully saturated rings. The molecule has 3 rings (SSSR count). The molecule has 116 valence electrons. The van der Waals surface area contributed by atoms with Gasteiger partial charge in [-0.3, -0.25) is 9.59 Å². The molecule has 1 aliphatic rings. The molecule has 0 spiro atoms. The van der Waals surface area contributed by atoms with Crippen LogP contribution in [0.4, 0.5) is 5.69 Å². The van der Waals surface area contributed by atoms with E-state index in [2.05, 4.69) is 0 Å². The van der Waals surface area contributed by atoms with Crippen molar-refractivity contribution >= 4 is 34.6 Å². The maximum absolute atomic E-state index is 12.0. The fourth-order valence-corrected chi connectivity index (χ4v) is 2.84. The minimum absolute atomic E-state index is 0.418. The van der Waals surface area contributed by atoms with Crippen molar-refractivity contribution < 1.29 is 14.3 Å². The number of rotatable bonds is 3. The molecule has 0 bridgehead atoms. The number of fused-ring (bicyclic) bond motifs is 1. The minimum Gasteiger partial charge on any atom is -0.495 e. The summed E-state index contributed by atoms with van der Waals surface area (Å²) in [6.45, 7) is 0. The zero-order chi connectivity index (χ0) is 16.6. The lowest BCUT2D eigenvalue weighted by Gasteiger charge is -2.26. The van der Waals surface area contributed by atoms with Crippen molar-refractivity contribution in [2.24, 2.45) is 0 Å². The second-order valence-corrected chi connectivity index (χ2v) is 5.55.